The van der Waals surface area contributed by atoms with Gasteiger partial charge in [0, 0.05) is 0 Å². The molecule has 172 valence electrons. The molecule has 0 bridgehead atoms. The highest BCUT2D eigenvalue weighted by atomic mass is 32.2. The average molecular weight is 471 g/mol. The quantitative estimate of drug-likeness (QED) is 0.500. The minimum atomic E-state index is -4.15. The summed E-state index contributed by atoms with van der Waals surface area (Å²) in [5, 5.41) is 2.57. The second kappa shape index (κ2) is 10.3. The second-order valence-corrected chi connectivity index (χ2v) is 8.98. The van der Waals surface area contributed by atoms with Crippen LogP contribution in [0.1, 0.15) is 22.8 Å². The number of carbonyl (C=O) groups excluding carboxylic acids is 2. The maximum absolute atomic E-state index is 13.5. The lowest BCUT2D eigenvalue weighted by molar-refractivity contribution is -0.114. The largest absolute Gasteiger partial charge is 0.462 e. The molecule has 3 aromatic rings. The van der Waals surface area contributed by atoms with E-state index in [-0.39, 0.29) is 28.4 Å². The Morgan fingerprint density at radius 3 is 2.24 bits per heavy atom. The molecular formula is C24H23FN2O5S. The number of hydrogen-bond donors (Lipinski definition) is 1. The van der Waals surface area contributed by atoms with E-state index in [9.17, 15) is 22.4 Å². The van der Waals surface area contributed by atoms with E-state index >= 15 is 0 Å². The van der Waals surface area contributed by atoms with Crippen molar-refractivity contribution in [2.75, 3.05) is 22.8 Å². The number of carbonyl (C=O) groups is 2. The zero-order valence-corrected chi connectivity index (χ0v) is 18.9. The zero-order valence-electron chi connectivity index (χ0n) is 18.1. The lowest BCUT2D eigenvalue weighted by atomic mass is 10.2. The summed E-state index contributed by atoms with van der Waals surface area (Å²) < 4.78 is 46.1. The van der Waals surface area contributed by atoms with Crippen molar-refractivity contribution in [3.8, 4) is 0 Å². The fourth-order valence-electron chi connectivity index (χ4n) is 3.06. The molecule has 0 heterocycles. The van der Waals surface area contributed by atoms with Gasteiger partial charge in [0.2, 0.25) is 5.91 Å². The molecule has 0 unspecified atom stereocenters. The number of hydrogen-bond acceptors (Lipinski definition) is 5. The lowest BCUT2D eigenvalue weighted by Crippen LogP contribution is -2.38. The zero-order chi connectivity index (χ0) is 24.0. The number of sulfonamides is 1. The highest BCUT2D eigenvalue weighted by Gasteiger charge is 2.28. The Morgan fingerprint density at radius 1 is 0.970 bits per heavy atom. The van der Waals surface area contributed by atoms with Crippen LogP contribution in [-0.2, 0) is 19.6 Å². The second-order valence-electron chi connectivity index (χ2n) is 7.12. The summed E-state index contributed by atoms with van der Waals surface area (Å²) in [6, 6.07) is 17.2. The van der Waals surface area contributed by atoms with Gasteiger partial charge in [-0.2, -0.15) is 0 Å². The van der Waals surface area contributed by atoms with Crippen molar-refractivity contribution in [2.45, 2.75) is 18.7 Å². The first kappa shape index (κ1) is 23.9. The van der Waals surface area contributed by atoms with E-state index in [1.54, 1.807) is 31.2 Å². The third-order valence-corrected chi connectivity index (χ3v) is 6.50. The number of ether oxygens (including phenoxy) is 1. The smallest absolute Gasteiger partial charge is 0.340 e. The van der Waals surface area contributed by atoms with Gasteiger partial charge in [0.1, 0.15) is 12.4 Å². The first-order chi connectivity index (χ1) is 15.7. The molecule has 1 N–H and O–H groups in total. The summed E-state index contributed by atoms with van der Waals surface area (Å²) in [5.74, 6) is -1.85. The molecule has 9 heteroatoms. The molecule has 33 heavy (non-hydrogen) atoms. The highest BCUT2D eigenvalue weighted by Crippen LogP contribution is 2.25. The molecule has 0 radical (unpaired) electrons. The van der Waals surface area contributed by atoms with Gasteiger partial charge < -0.3 is 10.1 Å². The summed E-state index contributed by atoms with van der Waals surface area (Å²) in [5.41, 5.74) is 1.32. The van der Waals surface area contributed by atoms with Gasteiger partial charge in [-0.1, -0.05) is 29.8 Å². The van der Waals surface area contributed by atoms with Crippen molar-refractivity contribution in [3.05, 3.63) is 89.7 Å². The van der Waals surface area contributed by atoms with Crippen LogP contribution in [-0.4, -0.2) is 33.4 Å². The molecule has 0 fully saturated rings. The van der Waals surface area contributed by atoms with Crippen LogP contribution in [0.5, 0.6) is 0 Å². The molecular weight excluding hydrogens is 447 g/mol. The number of halogens is 1. The molecule has 7 nitrogen and oxygen atoms in total. The Balaban J connectivity index is 1.93. The summed E-state index contributed by atoms with van der Waals surface area (Å²) >= 11 is 0. The SMILES string of the molecule is CCOC(=O)c1ccccc1NC(=O)CN(c1ccc(F)cc1)S(=O)(=O)c1ccc(C)cc1. The summed E-state index contributed by atoms with van der Waals surface area (Å²) in [6.45, 7) is 3.05. The van der Waals surface area contributed by atoms with Crippen molar-refractivity contribution in [2.24, 2.45) is 0 Å². The van der Waals surface area contributed by atoms with Crippen LogP contribution in [0.25, 0.3) is 0 Å². The first-order valence-electron chi connectivity index (χ1n) is 10.1. The van der Waals surface area contributed by atoms with Crippen LogP contribution in [0.4, 0.5) is 15.8 Å². The van der Waals surface area contributed by atoms with Crippen LogP contribution in [0.15, 0.2) is 77.7 Å². The number of para-hydroxylation sites is 1. The topological polar surface area (TPSA) is 92.8 Å². The Bertz CT molecular complexity index is 1240. The van der Waals surface area contributed by atoms with Gasteiger partial charge in [0.15, 0.2) is 0 Å². The Morgan fingerprint density at radius 2 is 1.61 bits per heavy atom. The van der Waals surface area contributed by atoms with Crippen LogP contribution in [0.3, 0.4) is 0 Å². The summed E-state index contributed by atoms with van der Waals surface area (Å²) in [6.07, 6.45) is 0. The number of esters is 1. The lowest BCUT2D eigenvalue weighted by Gasteiger charge is -2.24. The third-order valence-electron chi connectivity index (χ3n) is 4.71. The standard InChI is InChI=1S/C24H23FN2O5S/c1-3-32-24(29)21-6-4-5-7-22(21)26-23(28)16-27(19-12-10-18(25)11-13-19)33(30,31)20-14-8-17(2)9-15-20/h4-15H,3,16H2,1-2H3,(H,26,28). The normalized spacial score (nSPS) is 11.0. The third kappa shape index (κ3) is 5.75. The molecule has 0 aliphatic heterocycles. The maximum atomic E-state index is 13.5. The Labute approximate surface area is 191 Å². The number of nitrogens with one attached hydrogen (secondary N) is 1. The summed E-state index contributed by atoms with van der Waals surface area (Å²) in [7, 11) is -4.15. The molecule has 0 spiro atoms. The number of anilines is 2. The van der Waals surface area contributed by atoms with E-state index in [4.69, 9.17) is 4.74 Å². The van der Waals surface area contributed by atoms with Crippen molar-refractivity contribution >= 4 is 33.3 Å². The molecule has 1 amide bonds. The van der Waals surface area contributed by atoms with Gasteiger partial charge in [0.25, 0.3) is 10.0 Å². The Hall–Kier alpha value is -3.72. The fourth-order valence-corrected chi connectivity index (χ4v) is 4.48. The Kier molecular flexibility index (Phi) is 7.44. The van der Waals surface area contributed by atoms with Gasteiger partial charge in [-0.25, -0.2) is 17.6 Å². The van der Waals surface area contributed by atoms with Crippen molar-refractivity contribution in [1.29, 1.82) is 0 Å². The predicted molar refractivity (Wildman–Crippen MR) is 123 cm³/mol. The van der Waals surface area contributed by atoms with Gasteiger partial charge in [0.05, 0.1) is 28.4 Å². The predicted octanol–water partition coefficient (Wildman–Crippen LogP) is 4.14. The molecule has 0 aliphatic rings. The van der Waals surface area contributed by atoms with E-state index in [1.165, 1.54) is 36.4 Å². The number of aryl methyl sites for hydroxylation is 1. The van der Waals surface area contributed by atoms with E-state index in [0.717, 1.165) is 22.0 Å². The van der Waals surface area contributed by atoms with Crippen LogP contribution in [0, 0.1) is 12.7 Å². The molecule has 3 aromatic carbocycles. The van der Waals surface area contributed by atoms with E-state index in [1.807, 2.05) is 6.92 Å². The molecule has 0 atom stereocenters. The van der Waals surface area contributed by atoms with Gasteiger partial charge in [-0.15, -0.1) is 0 Å². The number of amides is 1. The van der Waals surface area contributed by atoms with E-state index in [2.05, 4.69) is 5.32 Å². The van der Waals surface area contributed by atoms with Gasteiger partial charge in [-0.3, -0.25) is 9.10 Å². The average Bonchev–Trinajstić information content (AvgIpc) is 2.79. The highest BCUT2D eigenvalue weighted by molar-refractivity contribution is 7.92. The van der Waals surface area contributed by atoms with Crippen molar-refractivity contribution < 1.29 is 27.1 Å². The van der Waals surface area contributed by atoms with Crippen LogP contribution in [0.2, 0.25) is 0 Å². The minimum absolute atomic E-state index is 0.0165. The van der Waals surface area contributed by atoms with Crippen molar-refractivity contribution in [1.82, 2.24) is 0 Å². The van der Waals surface area contributed by atoms with Crippen LogP contribution >= 0.6 is 0 Å². The molecule has 0 aromatic heterocycles. The van der Waals surface area contributed by atoms with E-state index < -0.39 is 34.3 Å². The number of nitrogens with zero attached hydrogens (tertiary/aromatic N) is 1. The summed E-state index contributed by atoms with van der Waals surface area (Å²) in [4.78, 5) is 25.0. The molecule has 0 saturated heterocycles. The molecule has 3 rings (SSSR count). The van der Waals surface area contributed by atoms with E-state index in [0.29, 0.717) is 0 Å². The number of benzene rings is 3. The minimum Gasteiger partial charge on any atom is -0.462 e. The number of rotatable bonds is 8. The monoisotopic (exact) mass is 470 g/mol. The van der Waals surface area contributed by atoms with Crippen LogP contribution < -0.4 is 9.62 Å². The van der Waals surface area contributed by atoms with Crippen molar-refractivity contribution in [3.63, 3.8) is 0 Å². The maximum Gasteiger partial charge on any atom is 0.340 e. The van der Waals surface area contributed by atoms with Gasteiger partial charge in [-0.05, 0) is 62.4 Å². The fraction of sp³-hybridized carbons (Fsp3) is 0.167. The van der Waals surface area contributed by atoms with Gasteiger partial charge >= 0.3 is 5.97 Å². The first-order valence-corrected chi connectivity index (χ1v) is 11.6. The molecule has 0 saturated carbocycles. The molecule has 0 aliphatic carbocycles.